The van der Waals surface area contributed by atoms with E-state index in [1.165, 1.54) is 12.5 Å². The van der Waals surface area contributed by atoms with Crippen molar-refractivity contribution in [2.24, 2.45) is 0 Å². The van der Waals surface area contributed by atoms with Gasteiger partial charge in [0, 0.05) is 18.7 Å². The largest absolute Gasteiger partial charge is 0.326 e. The van der Waals surface area contributed by atoms with Crippen LogP contribution in [0.5, 0.6) is 0 Å². The van der Waals surface area contributed by atoms with E-state index in [0.717, 1.165) is 5.69 Å². The highest BCUT2D eigenvalue weighted by atomic mass is 16.1. The third-order valence-electron chi connectivity index (χ3n) is 2.14. The van der Waals surface area contributed by atoms with E-state index in [2.05, 4.69) is 17.6 Å². The van der Waals surface area contributed by atoms with Gasteiger partial charge in [0.25, 0.3) is 0 Å². The molecule has 14 heavy (non-hydrogen) atoms. The highest BCUT2D eigenvalue weighted by molar-refractivity contribution is 5.88. The van der Waals surface area contributed by atoms with Crippen LogP contribution in [0.4, 0.5) is 5.69 Å². The standard InChI is InChI=1S/C11H16N2O/c1-8(12-3)10-5-4-6-11(7-10)13-9(2)14/h4-8,12H,1-3H3,(H,13,14)/t8-/m0/s1. The molecule has 0 heterocycles. The van der Waals surface area contributed by atoms with Crippen molar-refractivity contribution in [3.05, 3.63) is 29.8 Å². The summed E-state index contributed by atoms with van der Waals surface area (Å²) in [5.41, 5.74) is 2.01. The first-order valence-corrected chi connectivity index (χ1v) is 4.68. The van der Waals surface area contributed by atoms with Crippen LogP contribution in [0, 0.1) is 0 Å². The number of benzene rings is 1. The Hall–Kier alpha value is -1.35. The normalized spacial score (nSPS) is 12.2. The second-order valence-corrected chi connectivity index (χ2v) is 3.32. The maximum Gasteiger partial charge on any atom is 0.221 e. The van der Waals surface area contributed by atoms with E-state index in [9.17, 15) is 4.79 Å². The summed E-state index contributed by atoms with van der Waals surface area (Å²) in [6, 6.07) is 8.13. The molecule has 1 aromatic rings. The number of carbonyl (C=O) groups excluding carboxylic acids is 1. The lowest BCUT2D eigenvalue weighted by Gasteiger charge is -2.11. The van der Waals surface area contributed by atoms with Crippen LogP contribution in [0.2, 0.25) is 0 Å². The van der Waals surface area contributed by atoms with Gasteiger partial charge in [-0.25, -0.2) is 0 Å². The van der Waals surface area contributed by atoms with Crippen molar-refractivity contribution in [3.63, 3.8) is 0 Å². The molecule has 0 saturated heterocycles. The molecule has 1 atom stereocenters. The summed E-state index contributed by atoms with van der Waals surface area (Å²) < 4.78 is 0. The van der Waals surface area contributed by atoms with E-state index < -0.39 is 0 Å². The van der Waals surface area contributed by atoms with Crippen molar-refractivity contribution in [1.82, 2.24) is 5.32 Å². The molecule has 1 amide bonds. The highest BCUT2D eigenvalue weighted by Gasteiger charge is 2.03. The summed E-state index contributed by atoms with van der Waals surface area (Å²) in [4.78, 5) is 10.8. The first-order chi connectivity index (χ1) is 6.63. The molecule has 0 radical (unpaired) electrons. The average Bonchev–Trinajstić information content (AvgIpc) is 2.16. The molecule has 0 aromatic heterocycles. The van der Waals surface area contributed by atoms with Gasteiger partial charge >= 0.3 is 0 Å². The molecular formula is C11H16N2O. The third kappa shape index (κ3) is 2.85. The van der Waals surface area contributed by atoms with Gasteiger partial charge in [0.1, 0.15) is 0 Å². The van der Waals surface area contributed by atoms with Crippen molar-refractivity contribution in [3.8, 4) is 0 Å². The van der Waals surface area contributed by atoms with Gasteiger partial charge in [-0.3, -0.25) is 4.79 Å². The molecule has 1 rings (SSSR count). The van der Waals surface area contributed by atoms with Crippen LogP contribution in [0.1, 0.15) is 25.5 Å². The molecule has 0 aliphatic heterocycles. The molecule has 3 nitrogen and oxygen atoms in total. The minimum absolute atomic E-state index is 0.0424. The molecule has 76 valence electrons. The Kier molecular flexibility index (Phi) is 3.65. The summed E-state index contributed by atoms with van der Waals surface area (Å²) in [7, 11) is 1.91. The summed E-state index contributed by atoms with van der Waals surface area (Å²) in [6.45, 7) is 3.58. The Balaban J connectivity index is 2.83. The van der Waals surface area contributed by atoms with E-state index in [4.69, 9.17) is 0 Å². The molecular weight excluding hydrogens is 176 g/mol. The van der Waals surface area contributed by atoms with Crippen LogP contribution in [0.25, 0.3) is 0 Å². The molecule has 0 unspecified atom stereocenters. The van der Waals surface area contributed by atoms with Gasteiger partial charge in [-0.15, -0.1) is 0 Å². The Morgan fingerprint density at radius 1 is 1.43 bits per heavy atom. The van der Waals surface area contributed by atoms with Crippen molar-refractivity contribution < 1.29 is 4.79 Å². The number of nitrogens with one attached hydrogen (secondary N) is 2. The van der Waals surface area contributed by atoms with Gasteiger partial charge in [0.2, 0.25) is 5.91 Å². The molecule has 0 spiro atoms. The Morgan fingerprint density at radius 2 is 2.14 bits per heavy atom. The fourth-order valence-electron chi connectivity index (χ4n) is 1.26. The number of hydrogen-bond donors (Lipinski definition) is 2. The smallest absolute Gasteiger partial charge is 0.221 e. The van der Waals surface area contributed by atoms with Gasteiger partial charge < -0.3 is 10.6 Å². The van der Waals surface area contributed by atoms with Crippen LogP contribution in [0.15, 0.2) is 24.3 Å². The summed E-state index contributed by atoms with van der Waals surface area (Å²) in [5.74, 6) is -0.0424. The van der Waals surface area contributed by atoms with Crippen LogP contribution in [0.3, 0.4) is 0 Å². The van der Waals surface area contributed by atoms with Crippen LogP contribution in [-0.4, -0.2) is 13.0 Å². The third-order valence-corrected chi connectivity index (χ3v) is 2.14. The summed E-state index contributed by atoms with van der Waals surface area (Å²) >= 11 is 0. The molecule has 0 aliphatic rings. The quantitative estimate of drug-likeness (QED) is 0.768. The molecule has 0 saturated carbocycles. The van der Waals surface area contributed by atoms with Gasteiger partial charge in [0.15, 0.2) is 0 Å². The zero-order chi connectivity index (χ0) is 10.6. The molecule has 0 aliphatic carbocycles. The Morgan fingerprint density at radius 3 is 2.71 bits per heavy atom. The summed E-state index contributed by atoms with van der Waals surface area (Å²) in [6.07, 6.45) is 0. The van der Waals surface area contributed by atoms with Crippen LogP contribution >= 0.6 is 0 Å². The van der Waals surface area contributed by atoms with E-state index in [1.54, 1.807) is 0 Å². The monoisotopic (exact) mass is 192 g/mol. The van der Waals surface area contributed by atoms with Gasteiger partial charge in [-0.05, 0) is 31.7 Å². The topological polar surface area (TPSA) is 41.1 Å². The lowest BCUT2D eigenvalue weighted by Crippen LogP contribution is -2.13. The maximum absolute atomic E-state index is 10.8. The zero-order valence-corrected chi connectivity index (χ0v) is 8.79. The van der Waals surface area contributed by atoms with Crippen molar-refractivity contribution in [2.75, 3.05) is 12.4 Å². The minimum Gasteiger partial charge on any atom is -0.326 e. The lowest BCUT2D eigenvalue weighted by molar-refractivity contribution is -0.114. The maximum atomic E-state index is 10.8. The molecule has 2 N–H and O–H groups in total. The van der Waals surface area contributed by atoms with E-state index in [-0.39, 0.29) is 5.91 Å². The fraction of sp³-hybridized carbons (Fsp3) is 0.364. The second kappa shape index (κ2) is 4.77. The van der Waals surface area contributed by atoms with Gasteiger partial charge in [-0.2, -0.15) is 0 Å². The molecule has 0 bridgehead atoms. The predicted molar refractivity (Wildman–Crippen MR) is 58.2 cm³/mol. The lowest BCUT2D eigenvalue weighted by atomic mass is 10.1. The van der Waals surface area contributed by atoms with Gasteiger partial charge in [-0.1, -0.05) is 12.1 Å². The second-order valence-electron chi connectivity index (χ2n) is 3.32. The summed E-state index contributed by atoms with van der Waals surface area (Å²) in [5, 5.41) is 5.91. The van der Waals surface area contributed by atoms with E-state index >= 15 is 0 Å². The van der Waals surface area contributed by atoms with E-state index in [0.29, 0.717) is 6.04 Å². The number of anilines is 1. The number of hydrogen-bond acceptors (Lipinski definition) is 2. The fourth-order valence-corrected chi connectivity index (χ4v) is 1.26. The number of rotatable bonds is 3. The molecule has 0 fully saturated rings. The zero-order valence-electron chi connectivity index (χ0n) is 8.79. The SMILES string of the molecule is CN[C@@H](C)c1cccc(NC(C)=O)c1. The number of carbonyl (C=O) groups is 1. The Labute approximate surface area is 84.5 Å². The average molecular weight is 192 g/mol. The van der Waals surface area contributed by atoms with Crippen molar-refractivity contribution >= 4 is 11.6 Å². The number of amides is 1. The molecule has 1 aromatic carbocycles. The predicted octanol–water partition coefficient (Wildman–Crippen LogP) is 1.93. The highest BCUT2D eigenvalue weighted by Crippen LogP contribution is 2.16. The van der Waals surface area contributed by atoms with E-state index in [1.807, 2.05) is 31.3 Å². The van der Waals surface area contributed by atoms with Crippen LogP contribution in [-0.2, 0) is 4.79 Å². The first-order valence-electron chi connectivity index (χ1n) is 4.68. The van der Waals surface area contributed by atoms with Crippen LogP contribution < -0.4 is 10.6 Å². The minimum atomic E-state index is -0.0424. The van der Waals surface area contributed by atoms with Crippen molar-refractivity contribution in [1.29, 1.82) is 0 Å². The van der Waals surface area contributed by atoms with Crippen molar-refractivity contribution in [2.45, 2.75) is 19.9 Å². The first kappa shape index (κ1) is 10.7. The molecule has 3 heteroatoms. The Bertz CT molecular complexity index is 323. The van der Waals surface area contributed by atoms with Gasteiger partial charge in [0.05, 0.1) is 0 Å².